The summed E-state index contributed by atoms with van der Waals surface area (Å²) in [6.45, 7) is 8.49. The Hall–Kier alpha value is -0.520. The van der Waals surface area contributed by atoms with E-state index in [9.17, 15) is 4.79 Å². The average Bonchev–Trinajstić information content (AvgIpc) is 2.80. The van der Waals surface area contributed by atoms with E-state index in [-0.39, 0.29) is 42.7 Å². The van der Waals surface area contributed by atoms with E-state index in [4.69, 9.17) is 17.3 Å². The Balaban J connectivity index is 0.00000288. The molecule has 0 spiro atoms. The quantitative estimate of drug-likeness (QED) is 0.807. The van der Waals surface area contributed by atoms with E-state index in [1.54, 1.807) is 0 Å². The highest BCUT2D eigenvalue weighted by Gasteiger charge is 2.26. The van der Waals surface area contributed by atoms with Crippen LogP contribution < -0.4 is 5.73 Å². The maximum atomic E-state index is 12.5. The van der Waals surface area contributed by atoms with Crippen molar-refractivity contribution in [3.8, 4) is 0 Å². The summed E-state index contributed by atoms with van der Waals surface area (Å²) in [6.07, 6.45) is 1.93. The maximum Gasteiger partial charge on any atom is 0.239 e. The molecule has 7 heteroatoms. The fourth-order valence-electron chi connectivity index (χ4n) is 2.91. The molecule has 0 radical (unpaired) electrons. The third-order valence-corrected chi connectivity index (χ3v) is 5.01. The van der Waals surface area contributed by atoms with Crippen molar-refractivity contribution in [3.63, 3.8) is 0 Å². The van der Waals surface area contributed by atoms with Crippen LogP contribution in [0.4, 0.5) is 0 Å². The molecular weight excluding hydrogens is 381 g/mol. The lowest BCUT2D eigenvalue weighted by Gasteiger charge is -2.27. The van der Waals surface area contributed by atoms with Crippen molar-refractivity contribution in [2.45, 2.75) is 39.3 Å². The summed E-state index contributed by atoms with van der Waals surface area (Å²) >= 11 is 5.93. The lowest BCUT2D eigenvalue weighted by Crippen LogP contribution is -2.48. The zero-order valence-corrected chi connectivity index (χ0v) is 17.4. The van der Waals surface area contributed by atoms with Crippen molar-refractivity contribution in [2.24, 2.45) is 11.7 Å². The monoisotopic (exact) mass is 409 g/mol. The maximum absolute atomic E-state index is 12.5. The molecule has 2 unspecified atom stereocenters. The minimum Gasteiger partial charge on any atom is -0.340 e. The minimum absolute atomic E-state index is 0. The van der Waals surface area contributed by atoms with Gasteiger partial charge in [0.25, 0.3) is 0 Å². The summed E-state index contributed by atoms with van der Waals surface area (Å²) in [6, 6.07) is 7.61. The van der Waals surface area contributed by atoms with Crippen LogP contribution in [0, 0.1) is 5.92 Å². The molecule has 1 aliphatic rings. The number of amides is 1. The Morgan fingerprint density at radius 3 is 2.40 bits per heavy atom. The number of carbonyl (C=O) groups excluding carboxylic acids is 1. The molecule has 144 valence electrons. The van der Waals surface area contributed by atoms with Crippen LogP contribution in [-0.4, -0.2) is 47.9 Å². The van der Waals surface area contributed by atoms with Gasteiger partial charge in [0.15, 0.2) is 0 Å². The lowest BCUT2D eigenvalue weighted by molar-refractivity contribution is -0.133. The van der Waals surface area contributed by atoms with Gasteiger partial charge < -0.3 is 10.6 Å². The predicted octanol–water partition coefficient (Wildman–Crippen LogP) is 3.59. The SMILES string of the molecule is CCC(C)C(N)C(=O)N1CCCN(Cc2ccc(Cl)cc2)CC1.Cl.Cl. The van der Waals surface area contributed by atoms with Crippen LogP contribution in [0.15, 0.2) is 24.3 Å². The third kappa shape index (κ3) is 7.32. The molecule has 1 aromatic rings. The standard InChI is InChI=1S/C18H28ClN3O.2ClH/c1-3-14(2)17(20)18(23)22-10-4-9-21(11-12-22)13-15-5-7-16(19)8-6-15;;/h5-8,14,17H,3-4,9-13,20H2,1-2H3;2*1H. The van der Waals surface area contributed by atoms with Gasteiger partial charge in [-0.05, 0) is 30.0 Å². The van der Waals surface area contributed by atoms with Crippen molar-refractivity contribution in [1.82, 2.24) is 9.80 Å². The Bertz CT molecular complexity index is 513. The molecule has 4 nitrogen and oxygen atoms in total. The van der Waals surface area contributed by atoms with E-state index in [0.29, 0.717) is 0 Å². The second-order valence-electron chi connectivity index (χ2n) is 6.49. The molecular formula is C18H30Cl3N3O. The summed E-state index contributed by atoms with van der Waals surface area (Å²) in [5.74, 6) is 0.337. The molecule has 1 aromatic carbocycles. The fraction of sp³-hybridized carbons (Fsp3) is 0.611. The van der Waals surface area contributed by atoms with Gasteiger partial charge in [-0.3, -0.25) is 9.69 Å². The summed E-state index contributed by atoms with van der Waals surface area (Å²) in [5.41, 5.74) is 7.36. The second kappa shape index (κ2) is 12.0. The van der Waals surface area contributed by atoms with Crippen LogP contribution in [0.1, 0.15) is 32.3 Å². The van der Waals surface area contributed by atoms with Gasteiger partial charge in [0, 0.05) is 37.7 Å². The molecule has 0 bridgehead atoms. The van der Waals surface area contributed by atoms with Gasteiger partial charge in [-0.2, -0.15) is 0 Å². The molecule has 1 amide bonds. The number of nitrogens with two attached hydrogens (primary N) is 1. The highest BCUT2D eigenvalue weighted by molar-refractivity contribution is 6.30. The first-order chi connectivity index (χ1) is 11.0. The van der Waals surface area contributed by atoms with Gasteiger partial charge in [0.05, 0.1) is 6.04 Å². The van der Waals surface area contributed by atoms with E-state index in [2.05, 4.69) is 24.0 Å². The zero-order valence-electron chi connectivity index (χ0n) is 15.0. The van der Waals surface area contributed by atoms with Gasteiger partial charge in [0.1, 0.15) is 0 Å². The summed E-state index contributed by atoms with van der Waals surface area (Å²) in [7, 11) is 0. The number of halogens is 3. The van der Waals surface area contributed by atoms with E-state index in [0.717, 1.165) is 50.6 Å². The lowest BCUT2D eigenvalue weighted by atomic mass is 9.99. The first-order valence-corrected chi connectivity index (χ1v) is 8.90. The number of hydrogen-bond donors (Lipinski definition) is 1. The van der Waals surface area contributed by atoms with Crippen LogP contribution in [0.25, 0.3) is 0 Å². The molecule has 1 saturated heterocycles. The number of hydrogen-bond acceptors (Lipinski definition) is 3. The van der Waals surface area contributed by atoms with Crippen molar-refractivity contribution in [2.75, 3.05) is 26.2 Å². The second-order valence-corrected chi connectivity index (χ2v) is 6.93. The smallest absolute Gasteiger partial charge is 0.239 e. The van der Waals surface area contributed by atoms with Crippen LogP contribution in [-0.2, 0) is 11.3 Å². The number of carbonyl (C=O) groups is 1. The molecule has 2 atom stereocenters. The molecule has 25 heavy (non-hydrogen) atoms. The Kier molecular flexibility index (Phi) is 11.7. The Labute approximate surface area is 168 Å². The first kappa shape index (κ1) is 24.5. The number of rotatable bonds is 5. The summed E-state index contributed by atoms with van der Waals surface area (Å²) in [5, 5.41) is 0.764. The first-order valence-electron chi connectivity index (χ1n) is 8.52. The van der Waals surface area contributed by atoms with Gasteiger partial charge in [-0.1, -0.05) is 44.0 Å². The van der Waals surface area contributed by atoms with E-state index < -0.39 is 0 Å². The van der Waals surface area contributed by atoms with Crippen molar-refractivity contribution in [1.29, 1.82) is 0 Å². The fourth-order valence-corrected chi connectivity index (χ4v) is 3.03. The highest BCUT2D eigenvalue weighted by Crippen LogP contribution is 2.14. The topological polar surface area (TPSA) is 49.6 Å². The largest absolute Gasteiger partial charge is 0.340 e. The molecule has 1 heterocycles. The van der Waals surface area contributed by atoms with Crippen molar-refractivity contribution in [3.05, 3.63) is 34.9 Å². The van der Waals surface area contributed by atoms with Crippen LogP contribution >= 0.6 is 36.4 Å². The summed E-state index contributed by atoms with van der Waals surface area (Å²) < 4.78 is 0. The molecule has 0 saturated carbocycles. The highest BCUT2D eigenvalue weighted by atomic mass is 35.5. The van der Waals surface area contributed by atoms with Crippen LogP contribution in [0.2, 0.25) is 5.02 Å². The third-order valence-electron chi connectivity index (χ3n) is 4.76. The van der Waals surface area contributed by atoms with Gasteiger partial charge in [-0.15, -0.1) is 24.8 Å². The molecule has 1 fully saturated rings. The Morgan fingerprint density at radius 1 is 1.16 bits per heavy atom. The molecule has 1 aliphatic heterocycles. The predicted molar refractivity (Wildman–Crippen MR) is 110 cm³/mol. The van der Waals surface area contributed by atoms with Gasteiger partial charge >= 0.3 is 0 Å². The normalized spacial score (nSPS) is 17.7. The van der Waals surface area contributed by atoms with Crippen LogP contribution in [0.5, 0.6) is 0 Å². The van der Waals surface area contributed by atoms with Crippen molar-refractivity contribution >= 4 is 42.3 Å². The van der Waals surface area contributed by atoms with E-state index in [1.807, 2.05) is 24.0 Å². The minimum atomic E-state index is -0.372. The van der Waals surface area contributed by atoms with E-state index in [1.165, 1.54) is 5.56 Å². The summed E-state index contributed by atoms with van der Waals surface area (Å²) in [4.78, 5) is 16.9. The molecule has 2 N–H and O–H groups in total. The van der Waals surface area contributed by atoms with Crippen LogP contribution in [0.3, 0.4) is 0 Å². The Morgan fingerprint density at radius 2 is 1.80 bits per heavy atom. The average molecular weight is 411 g/mol. The number of nitrogens with zero attached hydrogens (tertiary/aromatic N) is 2. The molecule has 0 aromatic heterocycles. The van der Waals surface area contributed by atoms with Gasteiger partial charge in [0.2, 0.25) is 5.91 Å². The van der Waals surface area contributed by atoms with E-state index >= 15 is 0 Å². The zero-order chi connectivity index (χ0) is 16.8. The van der Waals surface area contributed by atoms with Crippen molar-refractivity contribution < 1.29 is 4.79 Å². The molecule has 2 rings (SSSR count). The van der Waals surface area contributed by atoms with Gasteiger partial charge in [-0.25, -0.2) is 0 Å². The number of benzene rings is 1. The molecule has 0 aliphatic carbocycles.